The fraction of sp³-hybridized carbons (Fsp3) is 0.133. The van der Waals surface area contributed by atoms with Crippen LogP contribution in [0.5, 0.6) is 0 Å². The van der Waals surface area contributed by atoms with Gasteiger partial charge in [-0.1, -0.05) is 23.8 Å². The molecule has 0 bridgehead atoms. The third-order valence-corrected chi connectivity index (χ3v) is 2.73. The molecule has 0 saturated carbocycles. The van der Waals surface area contributed by atoms with Gasteiger partial charge in [0, 0.05) is 0 Å². The Morgan fingerprint density at radius 3 is 2.16 bits per heavy atom. The maximum Gasteiger partial charge on any atom is 0.135 e. The molecule has 4 heteroatoms. The standard InChI is InChI=1S/C15H14F2N2/c1-10-6-8-12(9-7-10)19-18-11(2)15-13(16)4-3-5-14(15)17/h3-9,19H,1-2H3/b18-11-. The van der Waals surface area contributed by atoms with E-state index in [2.05, 4.69) is 10.5 Å². The van der Waals surface area contributed by atoms with E-state index >= 15 is 0 Å². The molecule has 0 saturated heterocycles. The Morgan fingerprint density at radius 1 is 1.00 bits per heavy atom. The molecule has 2 aromatic rings. The summed E-state index contributed by atoms with van der Waals surface area (Å²) in [6.07, 6.45) is 0. The van der Waals surface area contributed by atoms with Crippen molar-refractivity contribution in [3.05, 3.63) is 65.2 Å². The first-order valence-electron chi connectivity index (χ1n) is 5.89. The summed E-state index contributed by atoms with van der Waals surface area (Å²) in [5.41, 5.74) is 4.83. The Kier molecular flexibility index (Phi) is 3.90. The number of aryl methyl sites for hydroxylation is 1. The number of hydrazone groups is 1. The number of benzene rings is 2. The molecule has 98 valence electrons. The van der Waals surface area contributed by atoms with Crippen molar-refractivity contribution in [2.24, 2.45) is 5.10 Å². The summed E-state index contributed by atoms with van der Waals surface area (Å²) in [4.78, 5) is 0. The number of anilines is 1. The van der Waals surface area contributed by atoms with Crippen LogP contribution in [0.4, 0.5) is 14.5 Å². The number of nitrogens with one attached hydrogen (secondary N) is 1. The minimum absolute atomic E-state index is 0.109. The molecule has 0 unspecified atom stereocenters. The first-order valence-corrected chi connectivity index (χ1v) is 5.89. The maximum atomic E-state index is 13.5. The second-order valence-electron chi connectivity index (χ2n) is 4.27. The van der Waals surface area contributed by atoms with Gasteiger partial charge in [-0.2, -0.15) is 5.10 Å². The lowest BCUT2D eigenvalue weighted by atomic mass is 10.1. The summed E-state index contributed by atoms with van der Waals surface area (Å²) in [5, 5.41) is 4.00. The molecule has 0 heterocycles. The zero-order chi connectivity index (χ0) is 13.8. The normalized spacial score (nSPS) is 11.5. The summed E-state index contributed by atoms with van der Waals surface area (Å²) in [7, 11) is 0. The Bertz CT molecular complexity index is 584. The summed E-state index contributed by atoms with van der Waals surface area (Å²) in [5.74, 6) is -1.24. The topological polar surface area (TPSA) is 24.4 Å². The van der Waals surface area contributed by atoms with Gasteiger partial charge < -0.3 is 0 Å². The molecule has 0 aliphatic heterocycles. The summed E-state index contributed by atoms with van der Waals surface area (Å²) in [6, 6.07) is 11.3. The number of hydrogen-bond acceptors (Lipinski definition) is 2. The van der Waals surface area contributed by atoms with Gasteiger partial charge >= 0.3 is 0 Å². The van der Waals surface area contributed by atoms with E-state index in [4.69, 9.17) is 0 Å². The molecule has 0 radical (unpaired) electrons. The van der Waals surface area contributed by atoms with Crippen LogP contribution < -0.4 is 5.43 Å². The minimum Gasteiger partial charge on any atom is -0.278 e. The number of halogens is 2. The fourth-order valence-corrected chi connectivity index (χ4v) is 1.68. The van der Waals surface area contributed by atoms with Crippen molar-refractivity contribution in [1.82, 2.24) is 0 Å². The van der Waals surface area contributed by atoms with Crippen LogP contribution in [0, 0.1) is 18.6 Å². The summed E-state index contributed by atoms with van der Waals surface area (Å²) < 4.78 is 27.1. The molecule has 0 aliphatic carbocycles. The second-order valence-corrected chi connectivity index (χ2v) is 4.27. The summed E-state index contributed by atoms with van der Waals surface area (Å²) >= 11 is 0. The van der Waals surface area contributed by atoms with E-state index in [1.54, 1.807) is 6.92 Å². The average Bonchev–Trinajstić information content (AvgIpc) is 2.38. The second kappa shape index (κ2) is 5.61. The maximum absolute atomic E-state index is 13.5. The van der Waals surface area contributed by atoms with Crippen molar-refractivity contribution < 1.29 is 8.78 Å². The number of hydrogen-bond donors (Lipinski definition) is 1. The number of nitrogens with zero attached hydrogens (tertiary/aromatic N) is 1. The van der Waals surface area contributed by atoms with E-state index in [1.807, 2.05) is 31.2 Å². The highest BCUT2D eigenvalue weighted by atomic mass is 19.1. The molecule has 2 rings (SSSR count). The fourth-order valence-electron chi connectivity index (χ4n) is 1.68. The highest BCUT2D eigenvalue weighted by molar-refractivity contribution is 5.99. The molecule has 0 aromatic heterocycles. The predicted molar refractivity (Wildman–Crippen MR) is 73.4 cm³/mol. The van der Waals surface area contributed by atoms with E-state index in [1.165, 1.54) is 18.2 Å². The van der Waals surface area contributed by atoms with Crippen LogP contribution in [0.2, 0.25) is 0 Å². The van der Waals surface area contributed by atoms with E-state index in [0.29, 0.717) is 0 Å². The average molecular weight is 260 g/mol. The van der Waals surface area contributed by atoms with Gasteiger partial charge in [-0.25, -0.2) is 8.78 Å². The molecule has 0 amide bonds. The van der Waals surface area contributed by atoms with E-state index < -0.39 is 11.6 Å². The van der Waals surface area contributed by atoms with E-state index in [-0.39, 0.29) is 11.3 Å². The third-order valence-electron chi connectivity index (χ3n) is 2.73. The van der Waals surface area contributed by atoms with Crippen molar-refractivity contribution in [1.29, 1.82) is 0 Å². The van der Waals surface area contributed by atoms with Crippen molar-refractivity contribution in [2.75, 3.05) is 5.43 Å². The van der Waals surface area contributed by atoms with Gasteiger partial charge in [-0.15, -0.1) is 0 Å². The van der Waals surface area contributed by atoms with Gasteiger partial charge in [0.05, 0.1) is 17.0 Å². The Morgan fingerprint density at radius 2 is 1.58 bits per heavy atom. The first-order chi connectivity index (χ1) is 9.08. The Balaban J connectivity index is 2.22. The highest BCUT2D eigenvalue weighted by Crippen LogP contribution is 2.14. The molecule has 0 fully saturated rings. The van der Waals surface area contributed by atoms with Crippen molar-refractivity contribution in [3.63, 3.8) is 0 Å². The zero-order valence-electron chi connectivity index (χ0n) is 10.7. The molecule has 2 nitrogen and oxygen atoms in total. The largest absolute Gasteiger partial charge is 0.278 e. The SMILES string of the molecule is C/C(=N/Nc1ccc(C)cc1)c1c(F)cccc1F. The quantitative estimate of drug-likeness (QED) is 0.651. The van der Waals surface area contributed by atoms with Crippen molar-refractivity contribution in [3.8, 4) is 0 Å². The van der Waals surface area contributed by atoms with Gasteiger partial charge in [0.1, 0.15) is 11.6 Å². The minimum atomic E-state index is -0.619. The van der Waals surface area contributed by atoms with Crippen LogP contribution in [-0.4, -0.2) is 5.71 Å². The molecule has 0 atom stereocenters. The monoisotopic (exact) mass is 260 g/mol. The molecule has 1 N–H and O–H groups in total. The smallest absolute Gasteiger partial charge is 0.135 e. The van der Waals surface area contributed by atoms with Crippen LogP contribution >= 0.6 is 0 Å². The van der Waals surface area contributed by atoms with Crippen LogP contribution in [0.15, 0.2) is 47.6 Å². The molecular formula is C15H14F2N2. The Labute approximate surface area is 110 Å². The van der Waals surface area contributed by atoms with Crippen molar-refractivity contribution in [2.45, 2.75) is 13.8 Å². The molecule has 0 aliphatic rings. The Hall–Kier alpha value is -2.23. The lowest BCUT2D eigenvalue weighted by Crippen LogP contribution is -2.05. The van der Waals surface area contributed by atoms with Crippen LogP contribution in [0.25, 0.3) is 0 Å². The van der Waals surface area contributed by atoms with Crippen LogP contribution in [0.3, 0.4) is 0 Å². The molecule has 2 aromatic carbocycles. The van der Waals surface area contributed by atoms with Gasteiger partial charge in [0.2, 0.25) is 0 Å². The lowest BCUT2D eigenvalue weighted by Gasteiger charge is -2.06. The van der Waals surface area contributed by atoms with Crippen LogP contribution in [0.1, 0.15) is 18.1 Å². The predicted octanol–water partition coefficient (Wildman–Crippen LogP) is 4.11. The molecule has 0 spiro atoms. The molecule has 19 heavy (non-hydrogen) atoms. The first kappa shape index (κ1) is 13.2. The van der Waals surface area contributed by atoms with E-state index in [0.717, 1.165) is 11.3 Å². The van der Waals surface area contributed by atoms with Gasteiger partial charge in [0.15, 0.2) is 0 Å². The van der Waals surface area contributed by atoms with Gasteiger partial charge in [-0.05, 0) is 38.1 Å². The third kappa shape index (κ3) is 3.16. The summed E-state index contributed by atoms with van der Waals surface area (Å²) in [6.45, 7) is 3.54. The highest BCUT2D eigenvalue weighted by Gasteiger charge is 2.11. The van der Waals surface area contributed by atoms with Gasteiger partial charge in [-0.3, -0.25) is 5.43 Å². The van der Waals surface area contributed by atoms with E-state index in [9.17, 15) is 8.78 Å². The zero-order valence-corrected chi connectivity index (χ0v) is 10.7. The molecular weight excluding hydrogens is 246 g/mol. The van der Waals surface area contributed by atoms with Crippen molar-refractivity contribution >= 4 is 11.4 Å². The number of rotatable bonds is 3. The lowest BCUT2D eigenvalue weighted by molar-refractivity contribution is 0.579. The van der Waals surface area contributed by atoms with Gasteiger partial charge in [0.25, 0.3) is 0 Å². The van der Waals surface area contributed by atoms with Crippen LogP contribution in [-0.2, 0) is 0 Å².